The number of non-ortho nitro benzene ring substituents is 1. The van der Waals surface area contributed by atoms with E-state index in [0.717, 1.165) is 22.0 Å². The molecule has 1 heterocycles. The molecule has 0 fully saturated rings. The predicted molar refractivity (Wildman–Crippen MR) is 83.8 cm³/mol. The first-order valence-electron chi connectivity index (χ1n) is 6.69. The molecular weight excluding hydrogens is 282 g/mol. The third-order valence-corrected chi connectivity index (χ3v) is 3.27. The Bertz CT molecular complexity index is 822. The minimum atomic E-state index is -0.431. The van der Waals surface area contributed by atoms with Crippen LogP contribution in [0.1, 0.15) is 11.1 Å². The summed E-state index contributed by atoms with van der Waals surface area (Å²) >= 11 is 0. The number of nitrogens with one attached hydrogen (secondary N) is 1. The summed E-state index contributed by atoms with van der Waals surface area (Å²) < 4.78 is 0. The van der Waals surface area contributed by atoms with Crippen molar-refractivity contribution >= 4 is 22.8 Å². The zero-order chi connectivity index (χ0) is 15.4. The standard InChI is InChI=1S/C16H13N3O3/c20-19(21)14-7-5-12(6-8-14)11-22-18-10-13-9-17-16-4-2-1-3-15(13)16/h1-10,17H,11H2/b18-10+. The molecule has 0 amide bonds. The number of nitro benzene ring substituents is 1. The maximum Gasteiger partial charge on any atom is 0.269 e. The number of benzene rings is 2. The fourth-order valence-electron chi connectivity index (χ4n) is 2.12. The summed E-state index contributed by atoms with van der Waals surface area (Å²) in [6, 6.07) is 14.1. The van der Waals surface area contributed by atoms with Gasteiger partial charge in [0.2, 0.25) is 0 Å². The van der Waals surface area contributed by atoms with Gasteiger partial charge in [0.05, 0.1) is 11.1 Å². The van der Waals surface area contributed by atoms with E-state index in [1.165, 1.54) is 12.1 Å². The number of aromatic nitrogens is 1. The molecule has 0 bridgehead atoms. The summed E-state index contributed by atoms with van der Waals surface area (Å²) in [5.74, 6) is 0. The Balaban J connectivity index is 1.61. The number of para-hydroxylation sites is 1. The summed E-state index contributed by atoms with van der Waals surface area (Å²) in [5, 5.41) is 15.6. The van der Waals surface area contributed by atoms with Gasteiger partial charge in [-0.25, -0.2) is 0 Å². The maximum atomic E-state index is 10.6. The van der Waals surface area contributed by atoms with Gasteiger partial charge in [0.25, 0.3) is 5.69 Å². The molecule has 1 aromatic heterocycles. The third-order valence-electron chi connectivity index (χ3n) is 3.27. The van der Waals surface area contributed by atoms with Crippen LogP contribution in [0.5, 0.6) is 0 Å². The Kier molecular flexibility index (Phi) is 3.82. The SMILES string of the molecule is O=[N+]([O-])c1ccc(CO/N=C/c2c[nH]c3ccccc23)cc1. The van der Waals surface area contributed by atoms with E-state index < -0.39 is 4.92 Å². The average Bonchev–Trinajstić information content (AvgIpc) is 2.95. The number of nitrogens with zero attached hydrogens (tertiary/aromatic N) is 2. The summed E-state index contributed by atoms with van der Waals surface area (Å²) in [6.45, 7) is 0.261. The highest BCUT2D eigenvalue weighted by molar-refractivity contribution is 5.98. The molecule has 0 spiro atoms. The van der Waals surface area contributed by atoms with Crippen molar-refractivity contribution in [2.75, 3.05) is 0 Å². The van der Waals surface area contributed by atoms with Crippen molar-refractivity contribution in [2.45, 2.75) is 6.61 Å². The molecule has 0 aliphatic heterocycles. The molecule has 110 valence electrons. The van der Waals surface area contributed by atoms with E-state index in [2.05, 4.69) is 10.1 Å². The van der Waals surface area contributed by atoms with E-state index in [-0.39, 0.29) is 12.3 Å². The average molecular weight is 295 g/mol. The van der Waals surface area contributed by atoms with Crippen molar-refractivity contribution in [3.05, 3.63) is 76.0 Å². The van der Waals surface area contributed by atoms with Crippen LogP contribution in [-0.2, 0) is 11.4 Å². The van der Waals surface area contributed by atoms with Crippen LogP contribution in [0.2, 0.25) is 0 Å². The molecule has 0 atom stereocenters. The van der Waals surface area contributed by atoms with Crippen LogP contribution in [-0.4, -0.2) is 16.1 Å². The van der Waals surface area contributed by atoms with Crippen molar-refractivity contribution in [3.8, 4) is 0 Å². The molecule has 1 N–H and O–H groups in total. The number of H-pyrrole nitrogens is 1. The first-order valence-corrected chi connectivity index (χ1v) is 6.69. The quantitative estimate of drug-likeness (QED) is 0.443. The number of hydrogen-bond acceptors (Lipinski definition) is 4. The van der Waals surface area contributed by atoms with Crippen molar-refractivity contribution in [1.29, 1.82) is 0 Å². The van der Waals surface area contributed by atoms with Gasteiger partial charge < -0.3 is 9.82 Å². The number of fused-ring (bicyclic) bond motifs is 1. The molecule has 0 radical (unpaired) electrons. The van der Waals surface area contributed by atoms with Crippen molar-refractivity contribution in [2.24, 2.45) is 5.16 Å². The van der Waals surface area contributed by atoms with Crippen LogP contribution in [0.4, 0.5) is 5.69 Å². The minimum absolute atomic E-state index is 0.0612. The summed E-state index contributed by atoms with van der Waals surface area (Å²) in [7, 11) is 0. The van der Waals surface area contributed by atoms with Crippen molar-refractivity contribution < 1.29 is 9.76 Å². The van der Waals surface area contributed by atoms with E-state index in [0.29, 0.717) is 0 Å². The van der Waals surface area contributed by atoms with Gasteiger partial charge in [0.15, 0.2) is 0 Å². The van der Waals surface area contributed by atoms with Gasteiger partial charge in [-0.15, -0.1) is 0 Å². The Morgan fingerprint density at radius 1 is 1.18 bits per heavy atom. The molecule has 3 aromatic rings. The Labute approximate surface area is 126 Å². The van der Waals surface area contributed by atoms with Gasteiger partial charge >= 0.3 is 0 Å². The molecule has 6 nitrogen and oxygen atoms in total. The molecular formula is C16H13N3O3. The third kappa shape index (κ3) is 2.95. The van der Waals surface area contributed by atoms with Crippen molar-refractivity contribution in [1.82, 2.24) is 4.98 Å². The van der Waals surface area contributed by atoms with E-state index in [9.17, 15) is 10.1 Å². The van der Waals surface area contributed by atoms with E-state index in [1.807, 2.05) is 30.5 Å². The molecule has 0 aliphatic rings. The molecule has 2 aromatic carbocycles. The topological polar surface area (TPSA) is 80.5 Å². The fourth-order valence-corrected chi connectivity index (χ4v) is 2.12. The largest absolute Gasteiger partial charge is 0.391 e. The highest BCUT2D eigenvalue weighted by Crippen LogP contribution is 2.16. The monoisotopic (exact) mass is 295 g/mol. The van der Waals surface area contributed by atoms with Crippen LogP contribution in [0, 0.1) is 10.1 Å². The Morgan fingerprint density at radius 2 is 1.95 bits per heavy atom. The van der Waals surface area contributed by atoms with Crippen LogP contribution in [0.3, 0.4) is 0 Å². The second kappa shape index (κ2) is 6.09. The van der Waals surface area contributed by atoms with Gasteiger partial charge in [-0.1, -0.05) is 23.4 Å². The highest BCUT2D eigenvalue weighted by Gasteiger charge is 2.04. The molecule has 0 unspecified atom stereocenters. The summed E-state index contributed by atoms with van der Waals surface area (Å²) in [5.41, 5.74) is 2.87. The second-order valence-corrected chi connectivity index (χ2v) is 4.72. The fraction of sp³-hybridized carbons (Fsp3) is 0.0625. The number of oxime groups is 1. The number of rotatable bonds is 5. The number of aromatic amines is 1. The van der Waals surface area contributed by atoms with Gasteiger partial charge in [-0.2, -0.15) is 0 Å². The summed E-state index contributed by atoms with van der Waals surface area (Å²) in [4.78, 5) is 18.5. The van der Waals surface area contributed by atoms with Gasteiger partial charge in [0, 0.05) is 34.8 Å². The minimum Gasteiger partial charge on any atom is -0.391 e. The lowest BCUT2D eigenvalue weighted by atomic mass is 10.2. The smallest absolute Gasteiger partial charge is 0.269 e. The lowest BCUT2D eigenvalue weighted by Gasteiger charge is -1.99. The first kappa shape index (κ1) is 13.8. The van der Waals surface area contributed by atoms with Crippen LogP contribution in [0.15, 0.2) is 59.9 Å². The van der Waals surface area contributed by atoms with Gasteiger partial charge in [-0.3, -0.25) is 10.1 Å². The van der Waals surface area contributed by atoms with Crippen LogP contribution >= 0.6 is 0 Å². The number of nitro groups is 1. The maximum absolute atomic E-state index is 10.6. The lowest BCUT2D eigenvalue weighted by Crippen LogP contribution is -1.90. The predicted octanol–water partition coefficient (Wildman–Crippen LogP) is 3.63. The van der Waals surface area contributed by atoms with Crippen molar-refractivity contribution in [3.63, 3.8) is 0 Å². The number of hydrogen-bond donors (Lipinski definition) is 1. The van der Waals surface area contributed by atoms with Gasteiger partial charge in [0.1, 0.15) is 6.61 Å². The zero-order valence-corrected chi connectivity index (χ0v) is 11.6. The van der Waals surface area contributed by atoms with Crippen LogP contribution in [0.25, 0.3) is 10.9 Å². The summed E-state index contributed by atoms with van der Waals surface area (Å²) in [6.07, 6.45) is 3.51. The molecule has 3 rings (SSSR count). The molecule has 0 saturated carbocycles. The normalized spacial score (nSPS) is 11.1. The molecule has 0 saturated heterocycles. The highest BCUT2D eigenvalue weighted by atomic mass is 16.6. The van der Waals surface area contributed by atoms with E-state index >= 15 is 0 Å². The van der Waals surface area contributed by atoms with E-state index in [1.54, 1.807) is 18.3 Å². The van der Waals surface area contributed by atoms with Crippen LogP contribution < -0.4 is 0 Å². The van der Waals surface area contributed by atoms with E-state index in [4.69, 9.17) is 4.84 Å². The Hall–Kier alpha value is -3.15. The lowest BCUT2D eigenvalue weighted by molar-refractivity contribution is -0.384. The van der Waals surface area contributed by atoms with Gasteiger partial charge in [-0.05, 0) is 23.8 Å². The first-order chi connectivity index (χ1) is 10.7. The molecule has 0 aliphatic carbocycles. The molecule has 22 heavy (non-hydrogen) atoms. The Morgan fingerprint density at radius 3 is 2.73 bits per heavy atom. The zero-order valence-electron chi connectivity index (χ0n) is 11.6. The second-order valence-electron chi connectivity index (χ2n) is 4.72. The molecule has 6 heteroatoms.